The van der Waals surface area contributed by atoms with E-state index in [0.717, 1.165) is 37.8 Å². The molecule has 5 rings (SSSR count). The minimum absolute atomic E-state index is 0.740. The Hall–Kier alpha value is -3.08. The molecule has 0 radical (unpaired) electrons. The molecule has 2 aliphatic heterocycles. The molecule has 4 nitrogen and oxygen atoms in total. The molecular weight excluding hydrogens is 468 g/mol. The van der Waals surface area contributed by atoms with Gasteiger partial charge in [0, 0.05) is 13.1 Å². The van der Waals surface area contributed by atoms with Crippen molar-refractivity contribution in [3.05, 3.63) is 95.1 Å². The summed E-state index contributed by atoms with van der Waals surface area (Å²) in [6.07, 6.45) is 5.26. The van der Waals surface area contributed by atoms with E-state index in [1.54, 1.807) is 0 Å². The Morgan fingerprint density at radius 1 is 0.579 bits per heavy atom. The zero-order valence-corrected chi connectivity index (χ0v) is 23.1. The summed E-state index contributed by atoms with van der Waals surface area (Å²) in [6.45, 7) is 12.7. The van der Waals surface area contributed by atoms with Crippen molar-refractivity contribution in [2.24, 2.45) is 0 Å². The van der Waals surface area contributed by atoms with E-state index in [-0.39, 0.29) is 0 Å². The fraction of sp³-hybridized carbons (Fsp3) is 0.412. The first-order valence-electron chi connectivity index (χ1n) is 14.3. The van der Waals surface area contributed by atoms with Crippen molar-refractivity contribution in [3.8, 4) is 11.5 Å². The highest BCUT2D eigenvalue weighted by Gasteiger charge is 2.14. The molecule has 0 spiro atoms. The van der Waals surface area contributed by atoms with Crippen LogP contribution >= 0.6 is 0 Å². The maximum absolute atomic E-state index is 6.08. The van der Waals surface area contributed by atoms with Crippen LogP contribution in [-0.4, -0.2) is 62.3 Å². The lowest BCUT2D eigenvalue weighted by Crippen LogP contribution is -2.25. The van der Waals surface area contributed by atoms with Gasteiger partial charge in [-0.3, -0.25) is 9.80 Å². The number of benzene rings is 3. The van der Waals surface area contributed by atoms with E-state index in [1.165, 1.54) is 85.3 Å². The molecule has 0 bridgehead atoms. The summed E-state index contributed by atoms with van der Waals surface area (Å²) in [5, 5.41) is 0. The normalized spacial score (nSPS) is 16.1. The van der Waals surface area contributed by atoms with Crippen LogP contribution in [0.1, 0.15) is 54.9 Å². The van der Waals surface area contributed by atoms with Gasteiger partial charge < -0.3 is 9.47 Å². The van der Waals surface area contributed by atoms with Crippen LogP contribution in [0.4, 0.5) is 0 Å². The van der Waals surface area contributed by atoms with Gasteiger partial charge in [0.05, 0.1) is 0 Å². The predicted molar refractivity (Wildman–Crippen MR) is 158 cm³/mol. The molecule has 3 aromatic carbocycles. The van der Waals surface area contributed by atoms with Gasteiger partial charge in [-0.1, -0.05) is 54.1 Å². The first kappa shape index (κ1) is 26.5. The Kier molecular flexibility index (Phi) is 9.16. The molecule has 2 aliphatic rings. The molecule has 0 aliphatic carbocycles. The van der Waals surface area contributed by atoms with E-state index >= 15 is 0 Å². The maximum Gasteiger partial charge on any atom is 0.119 e. The average Bonchev–Trinajstić information content (AvgIpc) is 3.66. The average molecular weight is 511 g/mol. The minimum Gasteiger partial charge on any atom is -0.492 e. The van der Waals surface area contributed by atoms with Gasteiger partial charge in [0.25, 0.3) is 0 Å². The van der Waals surface area contributed by atoms with E-state index in [4.69, 9.17) is 9.47 Å². The molecule has 4 heteroatoms. The van der Waals surface area contributed by atoms with E-state index in [2.05, 4.69) is 96.4 Å². The number of hydrogen-bond acceptors (Lipinski definition) is 4. The van der Waals surface area contributed by atoms with Crippen LogP contribution in [0.15, 0.2) is 72.8 Å². The van der Waals surface area contributed by atoms with Crippen LogP contribution < -0.4 is 9.47 Å². The van der Waals surface area contributed by atoms with Gasteiger partial charge in [0.15, 0.2) is 0 Å². The van der Waals surface area contributed by atoms with Gasteiger partial charge in [-0.2, -0.15) is 0 Å². The smallest absolute Gasteiger partial charge is 0.119 e. The fourth-order valence-corrected chi connectivity index (χ4v) is 5.58. The largest absolute Gasteiger partial charge is 0.492 e. The molecule has 200 valence electrons. The minimum atomic E-state index is 0.740. The number of rotatable bonds is 11. The molecule has 0 N–H and O–H groups in total. The summed E-state index contributed by atoms with van der Waals surface area (Å²) in [5.41, 5.74) is 7.39. The second-order valence-corrected chi connectivity index (χ2v) is 10.7. The predicted octanol–water partition coefficient (Wildman–Crippen LogP) is 6.92. The van der Waals surface area contributed by atoms with Crippen molar-refractivity contribution in [3.63, 3.8) is 0 Å². The third-order valence-electron chi connectivity index (χ3n) is 7.90. The Balaban J connectivity index is 1.32. The lowest BCUT2D eigenvalue weighted by atomic mass is 9.90. The number of hydrogen-bond donors (Lipinski definition) is 0. The Labute approximate surface area is 228 Å². The molecule has 0 aromatic heterocycles. The van der Waals surface area contributed by atoms with Crippen LogP contribution in [-0.2, 0) is 0 Å². The second-order valence-electron chi connectivity index (χ2n) is 10.7. The molecule has 3 aromatic rings. The van der Waals surface area contributed by atoms with Crippen LogP contribution in [0.2, 0.25) is 0 Å². The lowest BCUT2D eigenvalue weighted by molar-refractivity contribution is 0.237. The summed E-state index contributed by atoms with van der Waals surface area (Å²) in [4.78, 5) is 4.97. The lowest BCUT2D eigenvalue weighted by Gasteiger charge is -2.17. The van der Waals surface area contributed by atoms with Crippen molar-refractivity contribution in [2.75, 3.05) is 52.5 Å². The zero-order chi connectivity index (χ0) is 26.2. The number of nitrogens with zero attached hydrogens (tertiary/aromatic N) is 2. The van der Waals surface area contributed by atoms with Crippen molar-refractivity contribution >= 4 is 11.1 Å². The summed E-state index contributed by atoms with van der Waals surface area (Å²) >= 11 is 0. The highest BCUT2D eigenvalue weighted by Crippen LogP contribution is 2.34. The maximum atomic E-state index is 6.08. The highest BCUT2D eigenvalue weighted by molar-refractivity contribution is 5.98. The first-order chi connectivity index (χ1) is 18.7. The first-order valence-corrected chi connectivity index (χ1v) is 14.3. The van der Waals surface area contributed by atoms with Crippen molar-refractivity contribution in [1.29, 1.82) is 0 Å². The molecule has 0 unspecified atom stereocenters. The summed E-state index contributed by atoms with van der Waals surface area (Å²) in [7, 11) is 0. The number of allylic oxidation sites excluding steroid dienone is 1. The van der Waals surface area contributed by atoms with Crippen LogP contribution in [0.25, 0.3) is 11.1 Å². The van der Waals surface area contributed by atoms with Gasteiger partial charge in [0.2, 0.25) is 0 Å². The molecular formula is C34H42N2O2. The third-order valence-corrected chi connectivity index (χ3v) is 7.90. The molecule has 38 heavy (non-hydrogen) atoms. The third kappa shape index (κ3) is 7.06. The Morgan fingerprint density at radius 2 is 0.974 bits per heavy atom. The van der Waals surface area contributed by atoms with Crippen LogP contribution in [0.5, 0.6) is 11.5 Å². The Morgan fingerprint density at radius 3 is 1.39 bits per heavy atom. The second kappa shape index (κ2) is 13.1. The zero-order valence-electron chi connectivity index (χ0n) is 23.1. The quantitative estimate of drug-likeness (QED) is 0.261. The van der Waals surface area contributed by atoms with Gasteiger partial charge in [-0.05, 0) is 118 Å². The van der Waals surface area contributed by atoms with E-state index in [1.807, 2.05) is 0 Å². The number of ether oxygens (including phenoxy) is 2. The number of likely N-dealkylation sites (tertiary alicyclic amines) is 2. The summed E-state index contributed by atoms with van der Waals surface area (Å²) < 4.78 is 12.2. The Bertz CT molecular complexity index is 1100. The van der Waals surface area contributed by atoms with Crippen molar-refractivity contribution in [1.82, 2.24) is 9.80 Å². The van der Waals surface area contributed by atoms with Crippen LogP contribution in [0, 0.1) is 6.92 Å². The van der Waals surface area contributed by atoms with E-state index < -0.39 is 0 Å². The standard InChI is InChI=1S/C34H42N2O2/c1-27-7-9-29(10-8-27)28(2)34(30-11-15-32(16-12-30)37-25-23-35-19-3-4-20-35)31-13-17-33(18-14-31)38-26-24-36-21-5-6-22-36/h7-18H,3-6,19-26H2,1-2H3. The van der Waals surface area contributed by atoms with Crippen molar-refractivity contribution < 1.29 is 9.47 Å². The molecule has 2 heterocycles. The SMILES string of the molecule is CC(=C(c1ccc(OCCN2CCCC2)cc1)c1ccc(OCCN2CCCC2)cc1)c1ccc(C)cc1. The molecule has 0 saturated carbocycles. The van der Waals surface area contributed by atoms with E-state index in [0.29, 0.717) is 0 Å². The van der Waals surface area contributed by atoms with Gasteiger partial charge in [0.1, 0.15) is 24.7 Å². The highest BCUT2D eigenvalue weighted by atomic mass is 16.5. The monoisotopic (exact) mass is 510 g/mol. The topological polar surface area (TPSA) is 24.9 Å². The van der Waals surface area contributed by atoms with Crippen molar-refractivity contribution in [2.45, 2.75) is 39.5 Å². The van der Waals surface area contributed by atoms with Crippen LogP contribution in [0.3, 0.4) is 0 Å². The molecule has 2 fully saturated rings. The number of aryl methyl sites for hydroxylation is 1. The molecule has 2 saturated heterocycles. The van der Waals surface area contributed by atoms with Gasteiger partial charge >= 0.3 is 0 Å². The fourth-order valence-electron chi connectivity index (χ4n) is 5.58. The molecule has 0 atom stereocenters. The summed E-state index contributed by atoms with van der Waals surface area (Å²) in [5.74, 6) is 1.86. The van der Waals surface area contributed by atoms with E-state index in [9.17, 15) is 0 Å². The molecule has 0 amide bonds. The summed E-state index contributed by atoms with van der Waals surface area (Å²) in [6, 6.07) is 26.0. The van der Waals surface area contributed by atoms with Gasteiger partial charge in [-0.15, -0.1) is 0 Å². The van der Waals surface area contributed by atoms with Gasteiger partial charge in [-0.25, -0.2) is 0 Å².